The lowest BCUT2D eigenvalue weighted by atomic mass is 9.83. The number of hydrogen-bond acceptors (Lipinski definition) is 1. The van der Waals surface area contributed by atoms with Crippen molar-refractivity contribution in [3.8, 4) is 17.0 Å². The Labute approximate surface area is 656 Å². The second kappa shape index (κ2) is 28.6. The highest BCUT2D eigenvalue weighted by Gasteiger charge is 2.60. The van der Waals surface area contributed by atoms with Crippen LogP contribution in [0.5, 0.6) is 5.75 Å². The molecule has 574 valence electrons. The molecule has 0 saturated heterocycles. The highest BCUT2D eigenvalue weighted by atomic mass is 19.3. The monoisotopic (exact) mass is 1520 g/mol. The maximum atomic E-state index is 16.4. The third-order valence-electron chi connectivity index (χ3n) is 24.4. The molecule has 113 heavy (non-hydrogen) atoms. The number of aromatic hydroxyl groups is 1. The van der Waals surface area contributed by atoms with E-state index in [1.54, 1.807) is 52.0 Å². The molecule has 0 atom stereocenters. The number of halogens is 8. The summed E-state index contributed by atoms with van der Waals surface area (Å²) >= 11 is 0. The zero-order valence-corrected chi connectivity index (χ0v) is 66.9. The first kappa shape index (κ1) is 76.9. The summed E-state index contributed by atoms with van der Waals surface area (Å²) in [6.45, 7) is 14.7. The van der Waals surface area contributed by atoms with Crippen LogP contribution in [0.2, 0.25) is 0 Å². The minimum absolute atomic E-state index is 0.162. The van der Waals surface area contributed by atoms with E-state index in [1.165, 1.54) is 35.9 Å². The molecule has 0 saturated carbocycles. The summed E-state index contributed by atoms with van der Waals surface area (Å²) in [7, 11) is 0. The van der Waals surface area contributed by atoms with Gasteiger partial charge in [0, 0.05) is 101 Å². The van der Waals surface area contributed by atoms with Crippen LogP contribution in [0, 0.1) is 41.5 Å². The number of benzene rings is 6. The average molecular weight is 1520 g/mol. The number of nitrogens with zero attached hydrogens (tertiary/aromatic N) is 8. The second-order valence-corrected chi connectivity index (χ2v) is 30.6. The molecule has 8 aliphatic rings. The van der Waals surface area contributed by atoms with E-state index in [1.807, 2.05) is 271 Å². The molecule has 12 heterocycles. The predicted octanol–water partition coefficient (Wildman–Crippen LogP) is 22.2. The van der Waals surface area contributed by atoms with Crippen molar-refractivity contribution in [3.05, 3.63) is 358 Å². The van der Waals surface area contributed by atoms with E-state index < -0.39 is 27.9 Å². The zero-order chi connectivity index (χ0) is 80.6. The van der Waals surface area contributed by atoms with Gasteiger partial charge >= 0.3 is 27.9 Å². The van der Waals surface area contributed by atoms with Gasteiger partial charge in [-0.05, 0) is 203 Å². The van der Waals surface area contributed by atoms with Gasteiger partial charge in [-0.3, -0.25) is 0 Å². The van der Waals surface area contributed by atoms with Crippen LogP contribution >= 0.6 is 0 Å². The quantitative estimate of drug-likeness (QED) is 0.108. The van der Waals surface area contributed by atoms with Crippen molar-refractivity contribution in [2.45, 2.75) is 136 Å². The summed E-state index contributed by atoms with van der Waals surface area (Å²) in [5, 5.41) is 9.77. The fourth-order valence-electron chi connectivity index (χ4n) is 19.7. The van der Waals surface area contributed by atoms with Crippen LogP contribution in [-0.2, 0) is 12.8 Å². The standard InChI is InChI=1S/C27H19BF2N2.C23H27BF2N2O.C23H27BF2N2.C19H19BF2N2/c29-28(30)31-23(20-10-4-1-5-11-20)16-18-25(31)27(22-14-8-3-9-15-22)26-19-17-24(32(26)28)21-12-6-2-7-13-21;1-7-19-13(3)22-21(17-9-11-18(29)12-10-17)23-14(4)20(8-2)16(6)28(23)24(25,26)27(22)15(19)5;1-7-19-14(3)22-21(18-12-10-9-11-13-18)23-15(4)20(8-2)17(6)28(23)24(25,26)27(22)16(19)5;1-12-10-14(3)23-18(12)17(16-8-6-5-7-9-16)19-13(2)11-15(4)24(19)20(23,21)22/h1-19H;9-12,29H,7-8H2,1-6H3;9-13H,7-8H2,1-6H3;5-11H,1-4H3. The molecule has 18 rings (SSSR count). The molecule has 10 aromatic rings. The summed E-state index contributed by atoms with van der Waals surface area (Å²) in [6.07, 6.45) is 8.39. The van der Waals surface area contributed by atoms with Gasteiger partial charge in [0.05, 0.1) is 22.3 Å². The largest absolute Gasteiger partial charge is 0.737 e. The Kier molecular flexibility index (Phi) is 19.5. The molecule has 0 aliphatic carbocycles. The maximum absolute atomic E-state index is 16.4. The number of aromatic nitrogens is 4. The van der Waals surface area contributed by atoms with Crippen LogP contribution in [0.25, 0.3) is 33.5 Å². The van der Waals surface area contributed by atoms with Crippen molar-refractivity contribution in [3.63, 3.8) is 0 Å². The highest BCUT2D eigenvalue weighted by Crippen LogP contribution is 2.51. The molecule has 8 aliphatic heterocycles. The van der Waals surface area contributed by atoms with Crippen molar-refractivity contribution >= 4 is 73.0 Å². The first-order valence-electron chi connectivity index (χ1n) is 39.2. The molecule has 0 spiro atoms. The summed E-state index contributed by atoms with van der Waals surface area (Å²) in [5.74, 6) is 0.162. The molecule has 1 N–H and O–H groups in total. The molecule has 21 heteroatoms. The molecule has 6 aromatic carbocycles. The Bertz CT molecular complexity index is 6070. The number of rotatable bonds is 10. The van der Waals surface area contributed by atoms with Gasteiger partial charge in [-0.1, -0.05) is 179 Å². The van der Waals surface area contributed by atoms with Crippen molar-refractivity contribution in [1.29, 1.82) is 0 Å². The van der Waals surface area contributed by atoms with E-state index >= 15 is 34.5 Å². The SMILES string of the molecule is CC1=CC(C)=[N+]2C1=C(c1ccccc1)c1c(C)cc(C)n1[B-]2(F)F.CCC1=C(C)C2=C(c3ccc(O)cc3)c3c(C)c(CC)c(C)n3[B-](F)(F)[N+]2=C1C.CCC1=C(C)C2=C(c3ccccc3)c3c(C)c(CC)c(C)n3[B-](F)(F)[N+]2=C1C.F[B-]1(F)n2c(ccc2-c2ccccc2)C(c2ccccc2)=C2C=CC(c3ccccc3)=[N+]21. The number of hydrogen-bond donors (Lipinski definition) is 1. The summed E-state index contributed by atoms with van der Waals surface area (Å²) in [6, 6.07) is 60.7. The lowest BCUT2D eigenvalue weighted by Gasteiger charge is -2.34. The Morgan fingerprint density at radius 1 is 0.354 bits per heavy atom. The number of fused-ring (bicyclic) bond motifs is 8. The average Bonchev–Trinajstić information content (AvgIpc) is 1.55. The summed E-state index contributed by atoms with van der Waals surface area (Å²) < 4.78 is 138. The molecule has 0 radical (unpaired) electrons. The van der Waals surface area contributed by atoms with E-state index in [9.17, 15) is 5.11 Å². The van der Waals surface area contributed by atoms with Gasteiger partial charge in [-0.15, -0.1) is 0 Å². The molecule has 0 unspecified atom stereocenters. The van der Waals surface area contributed by atoms with Crippen LogP contribution in [0.3, 0.4) is 0 Å². The van der Waals surface area contributed by atoms with Crippen molar-refractivity contribution in [2.24, 2.45) is 0 Å². The number of phenolic OH excluding ortho intramolecular Hbond substituents is 1. The van der Waals surface area contributed by atoms with Gasteiger partial charge in [-0.25, -0.2) is 0 Å². The molecule has 9 nitrogen and oxygen atoms in total. The zero-order valence-electron chi connectivity index (χ0n) is 66.9. The van der Waals surface area contributed by atoms with E-state index in [-0.39, 0.29) is 5.75 Å². The van der Waals surface area contributed by atoms with Gasteiger partial charge in [0.15, 0.2) is 28.5 Å². The van der Waals surface area contributed by atoms with Crippen molar-refractivity contribution in [2.75, 3.05) is 0 Å². The lowest BCUT2D eigenvalue weighted by Crippen LogP contribution is -2.51. The maximum Gasteiger partial charge on any atom is 0.737 e. The molecule has 0 fully saturated rings. The molecular formula is C92H92B4F8N8O. The molecule has 4 aromatic heterocycles. The van der Waals surface area contributed by atoms with Gasteiger partial charge in [0.2, 0.25) is 0 Å². The summed E-state index contributed by atoms with van der Waals surface area (Å²) in [4.78, 5) is 0. The first-order valence-corrected chi connectivity index (χ1v) is 39.2. The normalized spacial score (nSPS) is 17.7. The Balaban J connectivity index is 0.000000120. The molecular weight excluding hydrogens is 1430 g/mol. The first-order chi connectivity index (χ1) is 53.9. The van der Waals surface area contributed by atoms with E-state index in [0.29, 0.717) is 104 Å². The van der Waals surface area contributed by atoms with Crippen molar-refractivity contribution < 1.29 is 57.6 Å². The third kappa shape index (κ3) is 11.7. The Morgan fingerprint density at radius 3 is 1.17 bits per heavy atom. The van der Waals surface area contributed by atoms with Crippen LogP contribution in [0.1, 0.15) is 178 Å². The van der Waals surface area contributed by atoms with Crippen molar-refractivity contribution in [1.82, 2.24) is 17.9 Å². The third-order valence-corrected chi connectivity index (χ3v) is 24.4. The topological polar surface area (TPSA) is 52.0 Å². The van der Waals surface area contributed by atoms with Gasteiger partial charge in [-0.2, -0.15) is 0 Å². The van der Waals surface area contributed by atoms with Gasteiger partial charge in [0.1, 0.15) is 22.9 Å². The van der Waals surface area contributed by atoms with Crippen LogP contribution in [0.4, 0.5) is 34.5 Å². The Morgan fingerprint density at radius 2 is 0.735 bits per heavy atom. The van der Waals surface area contributed by atoms with Gasteiger partial charge < -0.3 is 75.5 Å². The predicted molar refractivity (Wildman–Crippen MR) is 448 cm³/mol. The minimum Gasteiger partial charge on any atom is -0.508 e. The lowest BCUT2D eigenvalue weighted by molar-refractivity contribution is -0.364. The van der Waals surface area contributed by atoms with Crippen LogP contribution in [-0.4, -0.2) is 91.7 Å². The van der Waals surface area contributed by atoms with E-state index in [2.05, 4.69) is 0 Å². The Hall–Kier alpha value is -11.5. The minimum atomic E-state index is -4.12. The molecule has 0 amide bonds. The smallest absolute Gasteiger partial charge is 0.508 e. The number of phenols is 1. The second-order valence-electron chi connectivity index (χ2n) is 30.6. The van der Waals surface area contributed by atoms with Crippen LogP contribution < -0.4 is 0 Å². The fourth-order valence-corrected chi connectivity index (χ4v) is 19.7. The van der Waals surface area contributed by atoms with Gasteiger partial charge in [0.25, 0.3) is 0 Å². The van der Waals surface area contributed by atoms with E-state index in [4.69, 9.17) is 0 Å². The molecule has 0 bridgehead atoms. The number of aryl methyl sites for hydroxylation is 2. The van der Waals surface area contributed by atoms with Crippen LogP contribution in [0.15, 0.2) is 263 Å². The number of allylic oxidation sites excluding steroid dienone is 8. The fraction of sp³-hybridized carbons (Fsp3) is 0.217. The summed E-state index contributed by atoms with van der Waals surface area (Å²) in [5.41, 5.74) is 28.0. The highest BCUT2D eigenvalue weighted by molar-refractivity contribution is 6.60. The van der Waals surface area contributed by atoms with E-state index in [0.717, 1.165) is 124 Å².